The summed E-state index contributed by atoms with van der Waals surface area (Å²) >= 11 is 3.37. The van der Waals surface area contributed by atoms with Gasteiger partial charge in [0.1, 0.15) is 5.75 Å². The second kappa shape index (κ2) is 5.14. The number of ether oxygens (including phenoxy) is 1. The zero-order chi connectivity index (χ0) is 12.3. The molecule has 0 saturated heterocycles. The molecule has 1 heterocycles. The minimum atomic E-state index is -0.524. The van der Waals surface area contributed by atoms with Gasteiger partial charge < -0.3 is 10.1 Å². The summed E-state index contributed by atoms with van der Waals surface area (Å²) in [5, 5.41) is 3.07. The molecular weight excluding hydrogens is 287 g/mol. The van der Waals surface area contributed by atoms with Crippen LogP contribution < -0.4 is 10.1 Å². The van der Waals surface area contributed by atoms with E-state index in [1.54, 1.807) is 13.2 Å². The first-order chi connectivity index (χ1) is 8.19. The van der Waals surface area contributed by atoms with E-state index in [2.05, 4.69) is 26.2 Å². The number of pyridine rings is 1. The Hall–Kier alpha value is -1.62. The van der Waals surface area contributed by atoms with E-state index in [1.165, 1.54) is 12.3 Å². The lowest BCUT2D eigenvalue weighted by atomic mass is 10.2. The van der Waals surface area contributed by atoms with E-state index in [4.69, 9.17) is 4.74 Å². The molecular formula is C12H10BrFN2O. The van der Waals surface area contributed by atoms with Crippen molar-refractivity contribution in [2.45, 2.75) is 0 Å². The largest absolute Gasteiger partial charge is 0.495 e. The highest BCUT2D eigenvalue weighted by atomic mass is 79.9. The molecule has 5 heteroatoms. The fourth-order valence-electron chi connectivity index (χ4n) is 1.41. The number of nitrogens with one attached hydrogen (secondary N) is 1. The molecule has 0 fully saturated rings. The van der Waals surface area contributed by atoms with Gasteiger partial charge >= 0.3 is 0 Å². The molecule has 0 aliphatic heterocycles. The first-order valence-corrected chi connectivity index (χ1v) is 5.70. The maximum Gasteiger partial charge on any atom is 0.214 e. The van der Waals surface area contributed by atoms with Crippen molar-refractivity contribution in [3.05, 3.63) is 46.9 Å². The second-order valence-electron chi connectivity index (χ2n) is 3.34. The zero-order valence-corrected chi connectivity index (χ0v) is 10.7. The van der Waals surface area contributed by atoms with Crippen molar-refractivity contribution >= 4 is 27.3 Å². The van der Waals surface area contributed by atoms with Crippen LogP contribution in [0.5, 0.6) is 5.75 Å². The summed E-state index contributed by atoms with van der Waals surface area (Å²) in [5.41, 5.74) is 1.38. The predicted octanol–water partition coefficient (Wildman–Crippen LogP) is 3.74. The lowest BCUT2D eigenvalue weighted by Gasteiger charge is -2.11. The van der Waals surface area contributed by atoms with E-state index < -0.39 is 5.95 Å². The Morgan fingerprint density at radius 1 is 1.29 bits per heavy atom. The van der Waals surface area contributed by atoms with Crippen molar-refractivity contribution in [2.24, 2.45) is 0 Å². The van der Waals surface area contributed by atoms with Crippen LogP contribution >= 0.6 is 15.9 Å². The first kappa shape index (κ1) is 11.9. The molecule has 0 aliphatic rings. The molecule has 0 saturated carbocycles. The molecule has 17 heavy (non-hydrogen) atoms. The van der Waals surface area contributed by atoms with Crippen LogP contribution in [0.2, 0.25) is 0 Å². The number of benzene rings is 1. The highest BCUT2D eigenvalue weighted by Gasteiger charge is 2.04. The van der Waals surface area contributed by atoms with Gasteiger partial charge in [-0.25, -0.2) is 4.98 Å². The lowest BCUT2D eigenvalue weighted by Crippen LogP contribution is -1.95. The van der Waals surface area contributed by atoms with Crippen LogP contribution in [-0.2, 0) is 0 Å². The van der Waals surface area contributed by atoms with Crippen LogP contribution in [0.4, 0.5) is 15.8 Å². The molecule has 0 amide bonds. The molecule has 0 spiro atoms. The van der Waals surface area contributed by atoms with Crippen LogP contribution in [0, 0.1) is 5.95 Å². The third-order valence-electron chi connectivity index (χ3n) is 2.17. The highest BCUT2D eigenvalue weighted by molar-refractivity contribution is 9.10. The number of rotatable bonds is 3. The van der Waals surface area contributed by atoms with Crippen LogP contribution in [-0.4, -0.2) is 12.1 Å². The maximum absolute atomic E-state index is 12.9. The van der Waals surface area contributed by atoms with Crippen LogP contribution in [0.3, 0.4) is 0 Å². The van der Waals surface area contributed by atoms with Gasteiger partial charge in [0, 0.05) is 22.4 Å². The van der Waals surface area contributed by atoms with Crippen molar-refractivity contribution < 1.29 is 9.13 Å². The van der Waals surface area contributed by atoms with Gasteiger partial charge in [-0.15, -0.1) is 0 Å². The fourth-order valence-corrected chi connectivity index (χ4v) is 1.77. The van der Waals surface area contributed by atoms with E-state index in [0.29, 0.717) is 11.4 Å². The predicted molar refractivity (Wildman–Crippen MR) is 68.2 cm³/mol. The fraction of sp³-hybridized carbons (Fsp3) is 0.0833. The van der Waals surface area contributed by atoms with Gasteiger partial charge in [0.05, 0.1) is 12.8 Å². The van der Waals surface area contributed by atoms with Crippen molar-refractivity contribution in [2.75, 3.05) is 12.4 Å². The molecule has 2 rings (SSSR count). The molecule has 0 atom stereocenters. The Labute approximate surface area is 107 Å². The summed E-state index contributed by atoms with van der Waals surface area (Å²) in [6.07, 6.45) is 1.40. The quantitative estimate of drug-likeness (QED) is 0.876. The van der Waals surface area contributed by atoms with Gasteiger partial charge in [-0.2, -0.15) is 4.39 Å². The molecule has 0 unspecified atom stereocenters. The molecule has 1 aromatic heterocycles. The maximum atomic E-state index is 12.9. The van der Waals surface area contributed by atoms with Gasteiger partial charge in [0.15, 0.2) is 0 Å². The summed E-state index contributed by atoms with van der Waals surface area (Å²) in [4.78, 5) is 3.49. The first-order valence-electron chi connectivity index (χ1n) is 4.91. The number of aromatic nitrogens is 1. The van der Waals surface area contributed by atoms with Crippen molar-refractivity contribution in [3.8, 4) is 5.75 Å². The lowest BCUT2D eigenvalue weighted by molar-refractivity contribution is 0.416. The summed E-state index contributed by atoms with van der Waals surface area (Å²) in [6.45, 7) is 0. The average Bonchev–Trinajstić information content (AvgIpc) is 2.29. The minimum Gasteiger partial charge on any atom is -0.495 e. The third-order valence-corrected chi connectivity index (χ3v) is 2.66. The average molecular weight is 297 g/mol. The number of halogens is 2. The summed E-state index contributed by atoms with van der Waals surface area (Å²) in [6, 6.07) is 8.56. The number of hydrogen-bond acceptors (Lipinski definition) is 3. The van der Waals surface area contributed by atoms with Gasteiger partial charge in [-0.05, 0) is 24.3 Å². The summed E-state index contributed by atoms with van der Waals surface area (Å²) in [5.74, 6) is 0.161. The Morgan fingerprint density at radius 2 is 2.12 bits per heavy atom. The van der Waals surface area contributed by atoms with Gasteiger partial charge in [0.25, 0.3) is 0 Å². The summed E-state index contributed by atoms with van der Waals surface area (Å²) < 4.78 is 19.1. The molecule has 1 aromatic carbocycles. The van der Waals surface area contributed by atoms with Gasteiger partial charge in [-0.3, -0.25) is 0 Å². The normalized spacial score (nSPS) is 10.1. The standard InChI is InChI=1S/C12H10BrFN2O/c1-17-11-3-2-8(13)6-10(11)16-9-4-5-15-12(14)7-9/h2-7H,1H3,(H,15,16). The second-order valence-corrected chi connectivity index (χ2v) is 4.25. The minimum absolute atomic E-state index is 0.524. The Bertz CT molecular complexity index is 534. The molecule has 1 N–H and O–H groups in total. The number of hydrogen-bond donors (Lipinski definition) is 1. The van der Waals surface area contributed by atoms with Crippen LogP contribution in [0.15, 0.2) is 41.0 Å². The molecule has 0 bridgehead atoms. The zero-order valence-electron chi connectivity index (χ0n) is 9.08. The molecule has 88 valence electrons. The van der Waals surface area contributed by atoms with Gasteiger partial charge in [0.2, 0.25) is 5.95 Å². The Morgan fingerprint density at radius 3 is 2.82 bits per heavy atom. The van der Waals surface area contributed by atoms with E-state index in [0.717, 1.165) is 10.2 Å². The van der Waals surface area contributed by atoms with E-state index in [9.17, 15) is 4.39 Å². The topological polar surface area (TPSA) is 34.1 Å². The molecule has 0 radical (unpaired) electrons. The van der Waals surface area contributed by atoms with Crippen LogP contribution in [0.25, 0.3) is 0 Å². The number of nitrogens with zero attached hydrogens (tertiary/aromatic N) is 1. The van der Waals surface area contributed by atoms with Crippen molar-refractivity contribution in [3.63, 3.8) is 0 Å². The highest BCUT2D eigenvalue weighted by Crippen LogP contribution is 2.30. The molecule has 3 nitrogen and oxygen atoms in total. The Kier molecular flexibility index (Phi) is 3.58. The SMILES string of the molecule is COc1ccc(Br)cc1Nc1ccnc(F)c1. The van der Waals surface area contributed by atoms with E-state index in [1.807, 2.05) is 18.2 Å². The third kappa shape index (κ3) is 2.94. The smallest absolute Gasteiger partial charge is 0.214 e. The van der Waals surface area contributed by atoms with E-state index >= 15 is 0 Å². The van der Waals surface area contributed by atoms with E-state index in [-0.39, 0.29) is 0 Å². The summed E-state index contributed by atoms with van der Waals surface area (Å²) in [7, 11) is 1.58. The number of anilines is 2. The van der Waals surface area contributed by atoms with Crippen molar-refractivity contribution in [1.82, 2.24) is 4.98 Å². The Balaban J connectivity index is 2.32. The molecule has 0 aliphatic carbocycles. The van der Waals surface area contributed by atoms with Crippen LogP contribution in [0.1, 0.15) is 0 Å². The molecule has 2 aromatic rings. The van der Waals surface area contributed by atoms with Crippen molar-refractivity contribution in [1.29, 1.82) is 0 Å². The number of methoxy groups -OCH3 is 1. The van der Waals surface area contributed by atoms with Gasteiger partial charge in [-0.1, -0.05) is 15.9 Å². The monoisotopic (exact) mass is 296 g/mol.